The molecule has 57 heavy (non-hydrogen) atoms. The van der Waals surface area contributed by atoms with Gasteiger partial charge in [0.1, 0.15) is 0 Å². The van der Waals surface area contributed by atoms with Crippen molar-refractivity contribution in [3.8, 4) is 0 Å². The minimum Gasteiger partial charge on any atom is -0.393 e. The fourth-order valence-electron chi connectivity index (χ4n) is 8.39. The van der Waals surface area contributed by atoms with Gasteiger partial charge in [0.25, 0.3) is 0 Å². The van der Waals surface area contributed by atoms with Gasteiger partial charge < -0.3 is 4.74 Å². The molecule has 0 saturated carbocycles. The van der Waals surface area contributed by atoms with Crippen LogP contribution in [-0.4, -0.2) is 11.9 Å². The standard InChI is InChI=1S/C54H104O3/c1-3-5-7-9-11-13-15-17-19-20-21-22-23-24-25-26-27-28-29-30-31-32-33-34-35-36-38-40-42-44-46-48-50-52-54(56)57-53(55)51-49-47-45-43-41-39-37-18-16-14-12-10-8-6-4-2/h18,37H,3-17,19-36,38-52H2,1-2H3/b37-18-. The molecule has 0 bridgehead atoms. The highest BCUT2D eigenvalue weighted by Crippen LogP contribution is 2.18. The Hall–Kier alpha value is -1.12. The molecule has 0 amide bonds. The van der Waals surface area contributed by atoms with Crippen LogP contribution in [0.5, 0.6) is 0 Å². The van der Waals surface area contributed by atoms with Crippen LogP contribution < -0.4 is 0 Å². The average Bonchev–Trinajstić information content (AvgIpc) is 3.21. The van der Waals surface area contributed by atoms with Crippen molar-refractivity contribution in [2.75, 3.05) is 0 Å². The lowest BCUT2D eigenvalue weighted by molar-refractivity contribution is -0.159. The lowest BCUT2D eigenvalue weighted by Crippen LogP contribution is -2.11. The number of hydrogen-bond donors (Lipinski definition) is 0. The topological polar surface area (TPSA) is 43.4 Å². The molecule has 0 fully saturated rings. The first-order valence-electron chi connectivity index (χ1n) is 26.6. The molecule has 3 heteroatoms. The van der Waals surface area contributed by atoms with Crippen molar-refractivity contribution in [1.29, 1.82) is 0 Å². The third-order valence-corrected chi connectivity index (χ3v) is 12.4. The number of esters is 2. The van der Waals surface area contributed by atoms with Crippen molar-refractivity contribution < 1.29 is 14.3 Å². The normalized spacial score (nSPS) is 11.6. The van der Waals surface area contributed by atoms with Gasteiger partial charge in [-0.05, 0) is 38.5 Å². The Morgan fingerprint density at radius 2 is 0.439 bits per heavy atom. The van der Waals surface area contributed by atoms with Gasteiger partial charge in [0, 0.05) is 12.8 Å². The Bertz CT molecular complexity index is 803. The highest BCUT2D eigenvalue weighted by molar-refractivity contribution is 5.85. The third-order valence-electron chi connectivity index (χ3n) is 12.4. The largest absolute Gasteiger partial charge is 0.393 e. The van der Waals surface area contributed by atoms with Crippen LogP contribution in [0.15, 0.2) is 12.2 Å². The lowest BCUT2D eigenvalue weighted by Gasteiger charge is -2.05. The van der Waals surface area contributed by atoms with Crippen molar-refractivity contribution in [3.63, 3.8) is 0 Å². The minimum atomic E-state index is -0.330. The van der Waals surface area contributed by atoms with E-state index in [2.05, 4.69) is 26.0 Å². The minimum absolute atomic E-state index is 0.325. The van der Waals surface area contributed by atoms with Crippen LogP contribution in [0.3, 0.4) is 0 Å². The van der Waals surface area contributed by atoms with Crippen molar-refractivity contribution in [3.05, 3.63) is 12.2 Å². The summed E-state index contributed by atoms with van der Waals surface area (Å²) in [5.41, 5.74) is 0. The number of hydrogen-bond acceptors (Lipinski definition) is 3. The van der Waals surface area contributed by atoms with Gasteiger partial charge in [-0.15, -0.1) is 0 Å². The third kappa shape index (κ3) is 51.0. The maximum Gasteiger partial charge on any atom is 0.313 e. The first kappa shape index (κ1) is 55.9. The van der Waals surface area contributed by atoms with Crippen molar-refractivity contribution >= 4 is 11.9 Å². The summed E-state index contributed by atoms with van der Waals surface area (Å²) in [5, 5.41) is 0. The van der Waals surface area contributed by atoms with Gasteiger partial charge in [-0.2, -0.15) is 0 Å². The molecule has 0 aromatic rings. The zero-order valence-corrected chi connectivity index (χ0v) is 39.3. The Kier molecular flexibility index (Phi) is 50.0. The molecule has 0 unspecified atom stereocenters. The summed E-state index contributed by atoms with van der Waals surface area (Å²) in [5.74, 6) is -0.655. The molecular formula is C54H104O3. The predicted molar refractivity (Wildman–Crippen MR) is 253 cm³/mol. The van der Waals surface area contributed by atoms with E-state index in [1.807, 2.05) is 0 Å². The molecule has 0 aromatic heterocycles. The molecule has 0 radical (unpaired) electrons. The second-order valence-electron chi connectivity index (χ2n) is 18.2. The number of unbranched alkanes of at least 4 members (excludes halogenated alkanes) is 43. The van der Waals surface area contributed by atoms with E-state index < -0.39 is 0 Å². The van der Waals surface area contributed by atoms with Crippen molar-refractivity contribution in [2.24, 2.45) is 0 Å². The van der Waals surface area contributed by atoms with E-state index in [1.54, 1.807) is 0 Å². The molecule has 338 valence electrons. The van der Waals surface area contributed by atoms with Crippen molar-refractivity contribution in [1.82, 2.24) is 0 Å². The summed E-state index contributed by atoms with van der Waals surface area (Å²) >= 11 is 0. The summed E-state index contributed by atoms with van der Waals surface area (Å²) in [4.78, 5) is 24.0. The predicted octanol–water partition coefficient (Wildman–Crippen LogP) is 19.4. The average molecular weight is 801 g/mol. The highest BCUT2D eigenvalue weighted by Gasteiger charge is 2.10. The molecule has 3 nitrogen and oxygen atoms in total. The number of rotatable bonds is 49. The van der Waals surface area contributed by atoms with E-state index >= 15 is 0 Å². The van der Waals surface area contributed by atoms with Crippen molar-refractivity contribution in [2.45, 2.75) is 322 Å². The van der Waals surface area contributed by atoms with Crippen LogP contribution in [0.25, 0.3) is 0 Å². The molecule has 0 aliphatic rings. The Morgan fingerprint density at radius 1 is 0.263 bits per heavy atom. The molecule has 0 aliphatic carbocycles. The van der Waals surface area contributed by atoms with Gasteiger partial charge in [0.2, 0.25) is 0 Å². The van der Waals surface area contributed by atoms with Crippen LogP contribution in [0.1, 0.15) is 322 Å². The number of carbonyl (C=O) groups is 2. The summed E-state index contributed by atoms with van der Waals surface area (Å²) in [7, 11) is 0. The molecule has 0 rings (SSSR count). The van der Waals surface area contributed by atoms with E-state index in [0.29, 0.717) is 12.8 Å². The van der Waals surface area contributed by atoms with Crippen LogP contribution >= 0.6 is 0 Å². The van der Waals surface area contributed by atoms with E-state index in [0.717, 1.165) is 32.1 Å². The molecule has 0 aromatic carbocycles. The van der Waals surface area contributed by atoms with Gasteiger partial charge in [-0.1, -0.05) is 283 Å². The molecule has 0 spiro atoms. The molecule has 0 aliphatic heterocycles. The van der Waals surface area contributed by atoms with Gasteiger partial charge in [-0.3, -0.25) is 9.59 Å². The number of ether oxygens (including phenoxy) is 1. The fourth-order valence-corrected chi connectivity index (χ4v) is 8.39. The van der Waals surface area contributed by atoms with Gasteiger partial charge in [-0.25, -0.2) is 0 Å². The second kappa shape index (κ2) is 51.0. The first-order valence-corrected chi connectivity index (χ1v) is 26.6. The van der Waals surface area contributed by atoms with Gasteiger partial charge in [0.05, 0.1) is 0 Å². The number of allylic oxidation sites excluding steroid dienone is 2. The van der Waals surface area contributed by atoms with Crippen LogP contribution in [0.4, 0.5) is 0 Å². The lowest BCUT2D eigenvalue weighted by atomic mass is 10.0. The zero-order chi connectivity index (χ0) is 41.2. The summed E-state index contributed by atoms with van der Waals surface area (Å²) in [6.07, 6.45) is 67.8. The fraction of sp³-hybridized carbons (Fsp3) is 0.926. The van der Waals surface area contributed by atoms with Crippen LogP contribution in [0.2, 0.25) is 0 Å². The molecule has 0 saturated heterocycles. The molecular weight excluding hydrogens is 697 g/mol. The van der Waals surface area contributed by atoms with Gasteiger partial charge in [0.15, 0.2) is 0 Å². The molecule has 0 heterocycles. The van der Waals surface area contributed by atoms with E-state index in [4.69, 9.17) is 4.74 Å². The zero-order valence-electron chi connectivity index (χ0n) is 39.3. The maximum atomic E-state index is 12.0. The van der Waals surface area contributed by atoms with E-state index in [-0.39, 0.29) is 11.9 Å². The van der Waals surface area contributed by atoms with Gasteiger partial charge >= 0.3 is 11.9 Å². The second-order valence-corrected chi connectivity index (χ2v) is 18.2. The monoisotopic (exact) mass is 801 g/mol. The molecule has 0 N–H and O–H groups in total. The summed E-state index contributed by atoms with van der Waals surface area (Å²) < 4.78 is 5.05. The van der Waals surface area contributed by atoms with Crippen LogP contribution in [0, 0.1) is 0 Å². The Morgan fingerprint density at radius 3 is 0.649 bits per heavy atom. The Balaban J connectivity index is 3.23. The van der Waals surface area contributed by atoms with E-state index in [9.17, 15) is 9.59 Å². The highest BCUT2D eigenvalue weighted by atomic mass is 16.6. The summed E-state index contributed by atoms with van der Waals surface area (Å²) in [6.45, 7) is 4.57. The summed E-state index contributed by atoms with van der Waals surface area (Å²) in [6, 6.07) is 0. The maximum absolute atomic E-state index is 12.0. The smallest absolute Gasteiger partial charge is 0.313 e. The Labute approximate surface area is 359 Å². The first-order chi connectivity index (χ1) is 28.2. The number of carbonyl (C=O) groups excluding carboxylic acids is 2. The van der Waals surface area contributed by atoms with E-state index in [1.165, 1.54) is 263 Å². The quantitative estimate of drug-likeness (QED) is 0.0266. The molecule has 0 atom stereocenters. The van der Waals surface area contributed by atoms with Crippen LogP contribution in [-0.2, 0) is 14.3 Å². The SMILES string of the molecule is CCCCCCCC/C=C\CCCCCCCC(=O)OC(=O)CCCCCCCCCCCCCCCCCCCCCCCCCCCCCCCCCCC.